The normalized spacial score (nSPS) is 11.7. The molecule has 0 radical (unpaired) electrons. The Balaban J connectivity index is 1.71. The van der Waals surface area contributed by atoms with Crippen molar-refractivity contribution in [2.75, 3.05) is 5.32 Å². The molecule has 1 unspecified atom stereocenters. The van der Waals surface area contributed by atoms with Gasteiger partial charge in [-0.2, -0.15) is 0 Å². The van der Waals surface area contributed by atoms with Gasteiger partial charge in [0.25, 0.3) is 0 Å². The maximum absolute atomic E-state index is 12.9. The molecule has 8 heteroatoms. The van der Waals surface area contributed by atoms with Gasteiger partial charge >= 0.3 is 0 Å². The van der Waals surface area contributed by atoms with Gasteiger partial charge in [0.05, 0.1) is 0 Å². The molecule has 0 aliphatic heterocycles. The number of anilines is 1. The topological polar surface area (TPSA) is 76.9 Å². The summed E-state index contributed by atoms with van der Waals surface area (Å²) in [4.78, 5) is 25.3. The molecule has 6 nitrogen and oxygen atoms in total. The van der Waals surface area contributed by atoms with Crippen LogP contribution in [0, 0.1) is 0 Å². The highest BCUT2D eigenvalue weighted by atomic mass is 35.5. The molecule has 0 bridgehead atoms. The van der Waals surface area contributed by atoms with Gasteiger partial charge in [-0.1, -0.05) is 59.8 Å². The van der Waals surface area contributed by atoms with Gasteiger partial charge in [0.15, 0.2) is 16.8 Å². The van der Waals surface area contributed by atoms with Gasteiger partial charge in [-0.3, -0.25) is 14.2 Å². The zero-order valence-electron chi connectivity index (χ0n) is 17.1. The minimum Gasteiger partial charge on any atom is -0.325 e. The van der Waals surface area contributed by atoms with Gasteiger partial charge < -0.3 is 5.32 Å². The highest BCUT2D eigenvalue weighted by Gasteiger charge is 2.28. The van der Waals surface area contributed by atoms with Crippen LogP contribution in [0.2, 0.25) is 5.02 Å². The number of hydrogen-bond acceptors (Lipinski definition) is 5. The standard InChI is InChI=1S/C24H19ClN4O2S/c1-16(30)21(23(31)26-19-8-4-2-5-9-19)32-24-28-27-22(17-12-14-18(25)15-13-17)29(24)20-10-6-3-7-11-20/h2-15,21H,1H3,(H,26,31). The number of ketones is 1. The summed E-state index contributed by atoms with van der Waals surface area (Å²) in [5, 5.41) is 11.5. The van der Waals surface area contributed by atoms with Crippen LogP contribution in [0.1, 0.15) is 6.92 Å². The molecule has 4 aromatic rings. The van der Waals surface area contributed by atoms with Gasteiger partial charge in [-0.15, -0.1) is 10.2 Å². The van der Waals surface area contributed by atoms with E-state index in [0.717, 1.165) is 23.0 Å². The highest BCUT2D eigenvalue weighted by Crippen LogP contribution is 2.31. The van der Waals surface area contributed by atoms with E-state index in [0.29, 0.717) is 21.7 Å². The number of Topliss-reactive ketones (excluding diaryl/α,β-unsaturated/α-hetero) is 1. The van der Waals surface area contributed by atoms with Crippen LogP contribution in [0.4, 0.5) is 5.69 Å². The van der Waals surface area contributed by atoms with E-state index in [1.54, 1.807) is 24.3 Å². The summed E-state index contributed by atoms with van der Waals surface area (Å²) in [6.07, 6.45) is 0. The second-order valence-corrected chi connectivity index (χ2v) is 8.46. The number of rotatable bonds is 7. The number of hydrogen-bond donors (Lipinski definition) is 1. The Morgan fingerprint density at radius 2 is 1.53 bits per heavy atom. The number of nitrogens with zero attached hydrogens (tertiary/aromatic N) is 3. The summed E-state index contributed by atoms with van der Waals surface area (Å²) in [6, 6.07) is 25.8. The van der Waals surface area contributed by atoms with Crippen molar-refractivity contribution in [2.45, 2.75) is 17.3 Å². The van der Waals surface area contributed by atoms with Crippen LogP contribution in [0.15, 0.2) is 90.1 Å². The zero-order chi connectivity index (χ0) is 22.5. The maximum atomic E-state index is 12.9. The Hall–Kier alpha value is -3.42. The van der Waals surface area contributed by atoms with Crippen molar-refractivity contribution in [1.29, 1.82) is 0 Å². The molecule has 3 aromatic carbocycles. The van der Waals surface area contributed by atoms with Crippen molar-refractivity contribution in [3.8, 4) is 17.1 Å². The minimum atomic E-state index is -0.986. The molecule has 0 spiro atoms. The molecular weight excluding hydrogens is 444 g/mol. The van der Waals surface area contributed by atoms with Crippen LogP contribution in [-0.2, 0) is 9.59 Å². The number of benzene rings is 3. The van der Waals surface area contributed by atoms with Gasteiger partial charge in [0, 0.05) is 22.0 Å². The van der Waals surface area contributed by atoms with Crippen LogP contribution >= 0.6 is 23.4 Å². The van der Waals surface area contributed by atoms with E-state index < -0.39 is 11.2 Å². The summed E-state index contributed by atoms with van der Waals surface area (Å²) < 4.78 is 1.83. The van der Waals surface area contributed by atoms with Crippen LogP contribution in [0.3, 0.4) is 0 Å². The maximum Gasteiger partial charge on any atom is 0.245 e. The zero-order valence-corrected chi connectivity index (χ0v) is 18.7. The third-order valence-electron chi connectivity index (χ3n) is 4.62. The number of amides is 1. The van der Waals surface area contributed by atoms with Crippen LogP contribution in [0.5, 0.6) is 0 Å². The summed E-state index contributed by atoms with van der Waals surface area (Å²) in [6.45, 7) is 1.39. The van der Waals surface area contributed by atoms with Crippen LogP contribution < -0.4 is 5.32 Å². The molecule has 0 saturated carbocycles. The summed E-state index contributed by atoms with van der Waals surface area (Å²) >= 11 is 7.10. The Morgan fingerprint density at radius 3 is 2.16 bits per heavy atom. The Kier molecular flexibility index (Phi) is 6.68. The van der Waals surface area contributed by atoms with Gasteiger partial charge in [-0.05, 0) is 55.5 Å². The molecule has 1 heterocycles. The lowest BCUT2D eigenvalue weighted by Gasteiger charge is -2.15. The molecule has 0 saturated heterocycles. The lowest BCUT2D eigenvalue weighted by Crippen LogP contribution is -2.31. The number of para-hydroxylation sites is 2. The number of aromatic nitrogens is 3. The van der Waals surface area contributed by atoms with Crippen molar-refractivity contribution < 1.29 is 9.59 Å². The van der Waals surface area contributed by atoms with Crippen LogP contribution in [0.25, 0.3) is 17.1 Å². The van der Waals surface area contributed by atoms with E-state index in [-0.39, 0.29) is 5.78 Å². The Bertz CT molecular complexity index is 1230. The molecule has 0 aliphatic carbocycles. The third-order valence-corrected chi connectivity index (χ3v) is 6.13. The average molecular weight is 463 g/mol. The fourth-order valence-electron chi connectivity index (χ4n) is 3.10. The predicted octanol–water partition coefficient (Wildman–Crippen LogP) is 5.28. The molecule has 32 heavy (non-hydrogen) atoms. The lowest BCUT2D eigenvalue weighted by atomic mass is 10.2. The van der Waals surface area contributed by atoms with Crippen molar-refractivity contribution in [2.24, 2.45) is 0 Å². The molecule has 160 valence electrons. The van der Waals surface area contributed by atoms with Gasteiger partial charge in [-0.25, -0.2) is 0 Å². The Morgan fingerprint density at radius 1 is 0.906 bits per heavy atom. The number of carbonyl (C=O) groups excluding carboxylic acids is 2. The number of thioether (sulfide) groups is 1. The number of carbonyl (C=O) groups is 2. The first kappa shape index (κ1) is 21.8. The third kappa shape index (κ3) is 4.90. The molecule has 1 aromatic heterocycles. The van der Waals surface area contributed by atoms with E-state index in [1.807, 2.05) is 65.2 Å². The summed E-state index contributed by atoms with van der Waals surface area (Å²) in [5.41, 5.74) is 2.25. The van der Waals surface area contributed by atoms with E-state index in [2.05, 4.69) is 15.5 Å². The molecule has 0 aliphatic rings. The van der Waals surface area contributed by atoms with E-state index in [4.69, 9.17) is 11.6 Å². The first-order valence-corrected chi connectivity index (χ1v) is 11.1. The fourth-order valence-corrected chi connectivity index (χ4v) is 4.15. The molecule has 1 atom stereocenters. The quantitative estimate of drug-likeness (QED) is 0.299. The first-order chi connectivity index (χ1) is 15.5. The molecular formula is C24H19ClN4O2S. The Labute approximate surface area is 194 Å². The van der Waals surface area contributed by atoms with Crippen molar-refractivity contribution in [3.63, 3.8) is 0 Å². The summed E-state index contributed by atoms with van der Waals surface area (Å²) in [7, 11) is 0. The van der Waals surface area contributed by atoms with Gasteiger partial charge in [0.1, 0.15) is 5.25 Å². The highest BCUT2D eigenvalue weighted by molar-refractivity contribution is 8.01. The van der Waals surface area contributed by atoms with Crippen molar-refractivity contribution in [3.05, 3.63) is 90.0 Å². The average Bonchev–Trinajstić information content (AvgIpc) is 3.22. The smallest absolute Gasteiger partial charge is 0.245 e. The van der Waals surface area contributed by atoms with E-state index >= 15 is 0 Å². The first-order valence-electron chi connectivity index (χ1n) is 9.83. The van der Waals surface area contributed by atoms with E-state index in [1.165, 1.54) is 6.92 Å². The molecule has 0 fully saturated rings. The number of nitrogens with one attached hydrogen (secondary N) is 1. The molecule has 1 amide bonds. The van der Waals surface area contributed by atoms with Crippen molar-refractivity contribution >= 4 is 40.7 Å². The van der Waals surface area contributed by atoms with Gasteiger partial charge in [0.2, 0.25) is 5.91 Å². The minimum absolute atomic E-state index is 0.279. The SMILES string of the molecule is CC(=O)C(Sc1nnc(-c2ccc(Cl)cc2)n1-c1ccccc1)C(=O)Nc1ccccc1. The lowest BCUT2D eigenvalue weighted by molar-refractivity contribution is -0.123. The summed E-state index contributed by atoms with van der Waals surface area (Å²) in [5.74, 6) is -0.107. The molecule has 1 N–H and O–H groups in total. The van der Waals surface area contributed by atoms with E-state index in [9.17, 15) is 9.59 Å². The second-order valence-electron chi connectivity index (χ2n) is 6.95. The van der Waals surface area contributed by atoms with Crippen molar-refractivity contribution in [1.82, 2.24) is 14.8 Å². The number of halogens is 1. The largest absolute Gasteiger partial charge is 0.325 e. The molecule has 4 rings (SSSR count). The fraction of sp³-hybridized carbons (Fsp3) is 0.0833. The monoisotopic (exact) mass is 462 g/mol. The van der Waals surface area contributed by atoms with Crippen LogP contribution in [-0.4, -0.2) is 31.7 Å². The predicted molar refractivity (Wildman–Crippen MR) is 127 cm³/mol. The second kappa shape index (κ2) is 9.80.